The number of amides is 2. The summed E-state index contributed by atoms with van der Waals surface area (Å²) in [7, 11) is 0. The molecule has 1 fully saturated rings. The van der Waals surface area contributed by atoms with Gasteiger partial charge >= 0.3 is 0 Å². The molecule has 1 heterocycles. The van der Waals surface area contributed by atoms with E-state index in [0.717, 1.165) is 5.56 Å². The van der Waals surface area contributed by atoms with E-state index in [2.05, 4.69) is 36.8 Å². The summed E-state index contributed by atoms with van der Waals surface area (Å²) in [6.07, 6.45) is 1.54. The molecule has 3 rings (SSSR count). The first-order chi connectivity index (χ1) is 15.0. The van der Waals surface area contributed by atoms with Crippen molar-refractivity contribution in [3.63, 3.8) is 0 Å². The second kappa shape index (κ2) is 11.5. The molecule has 2 aromatic rings. The molecule has 2 aromatic carbocycles. The number of hydrogen-bond acceptors (Lipinski definition) is 7. The topological polar surface area (TPSA) is 101 Å². The third kappa shape index (κ3) is 7.11. The van der Waals surface area contributed by atoms with Crippen molar-refractivity contribution in [2.24, 2.45) is 10.2 Å². The maximum absolute atomic E-state index is 12.1. The molecule has 0 bridgehead atoms. The predicted octanol–water partition coefficient (Wildman–Crippen LogP) is 3.10. The van der Waals surface area contributed by atoms with Crippen LogP contribution in [0.15, 0.2) is 57.1 Å². The lowest BCUT2D eigenvalue weighted by Gasteiger charge is -2.14. The number of rotatable bonds is 9. The Bertz CT molecular complexity index is 998. The number of ether oxygens (including phenoxy) is 2. The van der Waals surface area contributed by atoms with Gasteiger partial charge in [0.1, 0.15) is 0 Å². The summed E-state index contributed by atoms with van der Waals surface area (Å²) in [5, 5.41) is 13.9. The molecule has 2 amide bonds. The smallest absolute Gasteiger partial charge is 0.258 e. The molecule has 0 spiro atoms. The second-order valence-corrected chi connectivity index (χ2v) is 8.11. The van der Waals surface area contributed by atoms with Crippen molar-refractivity contribution in [3.05, 3.63) is 58.1 Å². The first-order valence-electron chi connectivity index (χ1n) is 9.48. The summed E-state index contributed by atoms with van der Waals surface area (Å²) < 4.78 is 12.0. The Morgan fingerprint density at radius 2 is 2.03 bits per heavy atom. The fraction of sp³-hybridized carbons (Fsp3) is 0.238. The maximum Gasteiger partial charge on any atom is 0.258 e. The van der Waals surface area contributed by atoms with E-state index in [-0.39, 0.29) is 18.4 Å². The summed E-state index contributed by atoms with van der Waals surface area (Å²) in [5.74, 6) is 0.940. The number of hydrogen-bond donors (Lipinski definition) is 2. The van der Waals surface area contributed by atoms with Gasteiger partial charge in [-0.3, -0.25) is 9.59 Å². The van der Waals surface area contributed by atoms with Crippen LogP contribution in [-0.2, 0) is 16.1 Å². The van der Waals surface area contributed by atoms with Gasteiger partial charge in [0.25, 0.3) is 5.91 Å². The van der Waals surface area contributed by atoms with Gasteiger partial charge in [0.15, 0.2) is 23.3 Å². The number of carbonyl (C=O) groups is 2. The summed E-state index contributed by atoms with van der Waals surface area (Å²) in [5.41, 5.74) is 1.72. The third-order valence-corrected chi connectivity index (χ3v) is 5.54. The van der Waals surface area contributed by atoms with Gasteiger partial charge in [-0.05, 0) is 40.5 Å². The first kappa shape index (κ1) is 22.8. The Morgan fingerprint density at radius 1 is 1.26 bits per heavy atom. The third-order valence-electron chi connectivity index (χ3n) is 3.99. The fourth-order valence-electron chi connectivity index (χ4n) is 2.54. The van der Waals surface area contributed by atoms with Gasteiger partial charge in [-0.15, -0.1) is 5.10 Å². The van der Waals surface area contributed by atoms with Crippen LogP contribution in [0.4, 0.5) is 0 Å². The molecule has 10 heteroatoms. The molecule has 8 nitrogen and oxygen atoms in total. The van der Waals surface area contributed by atoms with E-state index in [9.17, 15) is 9.59 Å². The van der Waals surface area contributed by atoms with Crippen LogP contribution in [0.25, 0.3) is 0 Å². The van der Waals surface area contributed by atoms with E-state index >= 15 is 0 Å². The van der Waals surface area contributed by atoms with Crippen LogP contribution >= 0.6 is 27.7 Å². The molecule has 0 atom stereocenters. The molecule has 2 N–H and O–H groups in total. The van der Waals surface area contributed by atoms with Gasteiger partial charge in [0.05, 0.1) is 18.6 Å². The predicted molar refractivity (Wildman–Crippen MR) is 125 cm³/mol. The molecule has 0 saturated carbocycles. The van der Waals surface area contributed by atoms with Crippen LogP contribution in [0.5, 0.6) is 11.5 Å². The van der Waals surface area contributed by atoms with Gasteiger partial charge in [-0.1, -0.05) is 42.1 Å². The minimum absolute atomic E-state index is 0.0898. The highest BCUT2D eigenvalue weighted by Gasteiger charge is 2.16. The highest BCUT2D eigenvalue weighted by Crippen LogP contribution is 2.33. The SMILES string of the molecule is CCOc1cc(C=NN=C2NC(=O)CS2)c(Br)cc1OCC(=O)NCc1ccccc1. The van der Waals surface area contributed by atoms with Crippen LogP contribution in [0, 0.1) is 0 Å². The summed E-state index contributed by atoms with van der Waals surface area (Å²) in [6.45, 7) is 2.58. The van der Waals surface area contributed by atoms with Crippen molar-refractivity contribution >= 4 is 50.9 Å². The number of carbonyl (C=O) groups excluding carboxylic acids is 2. The van der Waals surface area contributed by atoms with Gasteiger partial charge in [-0.2, -0.15) is 5.10 Å². The first-order valence-corrected chi connectivity index (χ1v) is 11.3. The molecular weight excluding hydrogens is 484 g/mol. The average molecular weight is 505 g/mol. The minimum Gasteiger partial charge on any atom is -0.490 e. The fourth-order valence-corrected chi connectivity index (χ4v) is 3.60. The summed E-state index contributed by atoms with van der Waals surface area (Å²) in [4.78, 5) is 23.3. The Morgan fingerprint density at radius 3 is 2.74 bits per heavy atom. The number of nitrogens with one attached hydrogen (secondary N) is 2. The van der Waals surface area contributed by atoms with Crippen molar-refractivity contribution in [1.82, 2.24) is 10.6 Å². The van der Waals surface area contributed by atoms with E-state index in [4.69, 9.17) is 9.47 Å². The molecule has 31 heavy (non-hydrogen) atoms. The summed E-state index contributed by atoms with van der Waals surface area (Å²) in [6, 6.07) is 13.1. The zero-order valence-electron chi connectivity index (χ0n) is 16.8. The molecule has 162 valence electrons. The van der Waals surface area contributed by atoms with Crippen LogP contribution in [0.3, 0.4) is 0 Å². The van der Waals surface area contributed by atoms with E-state index in [1.54, 1.807) is 18.3 Å². The molecule has 0 aromatic heterocycles. The number of nitrogens with zero attached hydrogens (tertiary/aromatic N) is 2. The standard InChI is InChI=1S/C21H21BrN4O4S/c1-2-29-17-8-15(11-24-26-21-25-20(28)13-31-21)16(22)9-18(17)30-12-19(27)23-10-14-6-4-3-5-7-14/h3-9,11H,2,10,12-13H2,1H3,(H,23,27)(H,25,26,28). The Hall–Kier alpha value is -2.85. The van der Waals surface area contributed by atoms with E-state index in [0.29, 0.717) is 45.6 Å². The number of amidine groups is 1. The highest BCUT2D eigenvalue weighted by atomic mass is 79.9. The lowest BCUT2D eigenvalue weighted by atomic mass is 10.2. The second-order valence-electron chi connectivity index (χ2n) is 6.29. The number of halogens is 1. The van der Waals surface area contributed by atoms with E-state index < -0.39 is 0 Å². The molecule has 0 unspecified atom stereocenters. The molecular formula is C21H21BrN4O4S. The lowest BCUT2D eigenvalue weighted by molar-refractivity contribution is -0.123. The minimum atomic E-state index is -0.236. The van der Waals surface area contributed by atoms with Crippen LogP contribution in [0.2, 0.25) is 0 Å². The van der Waals surface area contributed by atoms with Crippen LogP contribution in [-0.4, -0.2) is 42.2 Å². The zero-order chi connectivity index (χ0) is 22.1. The van der Waals surface area contributed by atoms with Gasteiger partial charge in [-0.25, -0.2) is 0 Å². The van der Waals surface area contributed by atoms with Gasteiger partial charge in [0.2, 0.25) is 5.91 Å². The van der Waals surface area contributed by atoms with Gasteiger partial charge < -0.3 is 20.1 Å². The number of thioether (sulfide) groups is 1. The lowest BCUT2D eigenvalue weighted by Crippen LogP contribution is -2.28. The van der Waals surface area contributed by atoms with E-state index in [1.165, 1.54) is 11.8 Å². The van der Waals surface area contributed by atoms with Gasteiger partial charge in [0, 0.05) is 16.6 Å². The normalized spacial score (nSPS) is 14.6. The molecule has 1 aliphatic heterocycles. The summed E-state index contributed by atoms with van der Waals surface area (Å²) >= 11 is 4.77. The largest absolute Gasteiger partial charge is 0.490 e. The number of benzene rings is 2. The molecule has 1 aliphatic rings. The highest BCUT2D eigenvalue weighted by molar-refractivity contribution is 9.10. The average Bonchev–Trinajstić information content (AvgIpc) is 3.19. The molecule has 1 saturated heterocycles. The quantitative estimate of drug-likeness (QED) is 0.403. The van der Waals surface area contributed by atoms with Crippen LogP contribution in [0.1, 0.15) is 18.1 Å². The van der Waals surface area contributed by atoms with E-state index in [1.807, 2.05) is 37.3 Å². The maximum atomic E-state index is 12.1. The molecule has 0 aliphatic carbocycles. The van der Waals surface area contributed by atoms with Crippen molar-refractivity contribution in [2.75, 3.05) is 19.0 Å². The zero-order valence-corrected chi connectivity index (χ0v) is 19.2. The van der Waals surface area contributed by atoms with Crippen molar-refractivity contribution in [2.45, 2.75) is 13.5 Å². The van der Waals surface area contributed by atoms with Crippen molar-refractivity contribution in [1.29, 1.82) is 0 Å². The van der Waals surface area contributed by atoms with Crippen LogP contribution < -0.4 is 20.1 Å². The monoisotopic (exact) mass is 504 g/mol. The molecule has 0 radical (unpaired) electrons. The Labute approximate surface area is 192 Å². The van der Waals surface area contributed by atoms with Crippen molar-refractivity contribution in [3.8, 4) is 11.5 Å². The Kier molecular flexibility index (Phi) is 8.48. The van der Waals surface area contributed by atoms with Crippen molar-refractivity contribution < 1.29 is 19.1 Å². The Balaban J connectivity index is 1.62.